The molecule has 0 aromatic heterocycles. The van der Waals surface area contributed by atoms with Crippen molar-refractivity contribution in [3.8, 4) is 0 Å². The summed E-state index contributed by atoms with van der Waals surface area (Å²) in [6, 6.07) is 21.5. The number of carbonyl (C=O) groups excluding carboxylic acids is 2. The average molecular weight is 409 g/mol. The Morgan fingerprint density at radius 2 is 1.35 bits per heavy atom. The Morgan fingerprint density at radius 3 is 2.04 bits per heavy atom. The van der Waals surface area contributed by atoms with Crippen LogP contribution in [0.2, 0.25) is 0 Å². The van der Waals surface area contributed by atoms with Gasteiger partial charge in [-0.2, -0.15) is 0 Å². The lowest BCUT2D eigenvalue weighted by atomic mass is 10.1. The molecule has 0 fully saturated rings. The normalized spacial score (nSPS) is 10.2. The van der Waals surface area contributed by atoms with E-state index in [1.54, 1.807) is 36.4 Å². The molecular weight excluding hydrogens is 392 g/mol. The van der Waals surface area contributed by atoms with Crippen molar-refractivity contribution >= 4 is 39.1 Å². The first-order chi connectivity index (χ1) is 12.5. The van der Waals surface area contributed by atoms with Gasteiger partial charge < -0.3 is 10.6 Å². The van der Waals surface area contributed by atoms with Gasteiger partial charge in [0.05, 0.1) is 0 Å². The lowest BCUT2D eigenvalue weighted by Gasteiger charge is -2.09. The zero-order valence-electron chi connectivity index (χ0n) is 14.1. The molecule has 2 N–H and O–H groups in total. The van der Waals surface area contributed by atoms with Crippen LogP contribution in [0, 0.1) is 6.92 Å². The number of aryl methyl sites for hydroxylation is 1. The van der Waals surface area contributed by atoms with E-state index < -0.39 is 0 Å². The fourth-order valence-electron chi connectivity index (χ4n) is 2.40. The maximum Gasteiger partial charge on any atom is 0.255 e. The first kappa shape index (κ1) is 17.9. The van der Waals surface area contributed by atoms with E-state index in [0.29, 0.717) is 16.8 Å². The molecule has 3 aromatic carbocycles. The molecule has 0 unspecified atom stereocenters. The number of nitrogens with one attached hydrogen (secondary N) is 2. The molecule has 0 spiro atoms. The average Bonchev–Trinajstić information content (AvgIpc) is 2.65. The minimum atomic E-state index is -0.231. The van der Waals surface area contributed by atoms with Gasteiger partial charge in [-0.25, -0.2) is 0 Å². The molecule has 130 valence electrons. The maximum absolute atomic E-state index is 12.4. The third kappa shape index (κ3) is 4.37. The highest BCUT2D eigenvalue weighted by Crippen LogP contribution is 2.19. The number of amides is 2. The van der Waals surface area contributed by atoms with Gasteiger partial charge in [0.25, 0.3) is 11.8 Å². The molecule has 0 saturated carbocycles. The van der Waals surface area contributed by atoms with Gasteiger partial charge in [0, 0.05) is 27.0 Å². The molecule has 3 rings (SSSR count). The second-order valence-corrected chi connectivity index (χ2v) is 6.67. The number of halogens is 1. The predicted molar refractivity (Wildman–Crippen MR) is 108 cm³/mol. The van der Waals surface area contributed by atoms with Crippen LogP contribution in [0.15, 0.2) is 77.3 Å². The molecule has 26 heavy (non-hydrogen) atoms. The Bertz CT molecular complexity index is 955. The van der Waals surface area contributed by atoms with Crippen molar-refractivity contribution in [3.05, 3.63) is 94.0 Å². The van der Waals surface area contributed by atoms with Crippen molar-refractivity contribution in [2.75, 3.05) is 10.6 Å². The number of hydrogen-bond donors (Lipinski definition) is 2. The second kappa shape index (κ2) is 7.97. The van der Waals surface area contributed by atoms with Gasteiger partial charge in [-0.3, -0.25) is 9.59 Å². The van der Waals surface area contributed by atoms with Crippen LogP contribution in [0.3, 0.4) is 0 Å². The highest BCUT2D eigenvalue weighted by Gasteiger charge is 2.10. The lowest BCUT2D eigenvalue weighted by Crippen LogP contribution is -2.14. The minimum Gasteiger partial charge on any atom is -0.322 e. The summed E-state index contributed by atoms with van der Waals surface area (Å²) in [5.74, 6) is -0.461. The van der Waals surface area contributed by atoms with Gasteiger partial charge in [-0.05, 0) is 55.0 Å². The molecule has 0 radical (unpaired) electrons. The monoisotopic (exact) mass is 408 g/mol. The van der Waals surface area contributed by atoms with E-state index in [9.17, 15) is 9.59 Å². The van der Waals surface area contributed by atoms with Crippen molar-refractivity contribution < 1.29 is 9.59 Å². The first-order valence-electron chi connectivity index (χ1n) is 8.07. The van der Waals surface area contributed by atoms with Crippen LogP contribution in [0.4, 0.5) is 11.4 Å². The Hall–Kier alpha value is -2.92. The first-order valence-corrected chi connectivity index (χ1v) is 8.86. The molecule has 0 aliphatic carbocycles. The summed E-state index contributed by atoms with van der Waals surface area (Å²) in [6.45, 7) is 1.96. The standard InChI is InChI=1S/C21H17BrN2O2/c1-14-10-11-16(13-19(14)22)21(26)24-18-9-5-6-15(12-18)20(25)23-17-7-3-2-4-8-17/h2-13H,1H3,(H,23,25)(H,24,26). The summed E-state index contributed by atoms with van der Waals surface area (Å²) >= 11 is 3.43. The van der Waals surface area contributed by atoms with Gasteiger partial charge in [0.1, 0.15) is 0 Å². The van der Waals surface area contributed by atoms with E-state index >= 15 is 0 Å². The summed E-state index contributed by atoms with van der Waals surface area (Å²) < 4.78 is 0.876. The largest absolute Gasteiger partial charge is 0.322 e. The summed E-state index contributed by atoms with van der Waals surface area (Å²) in [5.41, 5.74) is 3.35. The lowest BCUT2D eigenvalue weighted by molar-refractivity contribution is 0.101. The van der Waals surface area contributed by atoms with E-state index in [2.05, 4.69) is 26.6 Å². The summed E-state index contributed by atoms with van der Waals surface area (Å²) in [7, 11) is 0. The number of benzene rings is 3. The topological polar surface area (TPSA) is 58.2 Å². The molecule has 0 heterocycles. The molecule has 0 saturated heterocycles. The van der Waals surface area contributed by atoms with Crippen molar-refractivity contribution in [1.82, 2.24) is 0 Å². The van der Waals surface area contributed by atoms with Crippen LogP contribution in [-0.2, 0) is 0 Å². The van der Waals surface area contributed by atoms with Gasteiger partial charge in [-0.1, -0.05) is 46.3 Å². The van der Waals surface area contributed by atoms with Crippen LogP contribution >= 0.6 is 15.9 Å². The molecule has 0 atom stereocenters. The fourth-order valence-corrected chi connectivity index (χ4v) is 2.78. The fraction of sp³-hybridized carbons (Fsp3) is 0.0476. The van der Waals surface area contributed by atoms with E-state index in [0.717, 1.165) is 15.7 Å². The number of carbonyl (C=O) groups is 2. The SMILES string of the molecule is Cc1ccc(C(=O)Nc2cccc(C(=O)Nc3ccccc3)c2)cc1Br. The van der Waals surface area contributed by atoms with Gasteiger partial charge in [0.2, 0.25) is 0 Å². The predicted octanol–water partition coefficient (Wildman–Crippen LogP) is 5.26. The molecule has 4 nitrogen and oxygen atoms in total. The molecule has 0 aliphatic heterocycles. The van der Waals surface area contributed by atoms with Crippen LogP contribution in [-0.4, -0.2) is 11.8 Å². The van der Waals surface area contributed by atoms with Crippen LogP contribution in [0.5, 0.6) is 0 Å². The molecule has 0 bridgehead atoms. The number of para-hydroxylation sites is 1. The third-order valence-corrected chi connectivity index (χ3v) is 4.70. The Morgan fingerprint density at radius 1 is 0.731 bits per heavy atom. The van der Waals surface area contributed by atoms with E-state index in [4.69, 9.17) is 0 Å². The number of anilines is 2. The molecule has 5 heteroatoms. The van der Waals surface area contributed by atoms with E-state index in [1.807, 2.05) is 43.3 Å². The molecule has 3 aromatic rings. The maximum atomic E-state index is 12.4. The second-order valence-electron chi connectivity index (χ2n) is 5.82. The van der Waals surface area contributed by atoms with Crippen molar-refractivity contribution in [1.29, 1.82) is 0 Å². The highest BCUT2D eigenvalue weighted by molar-refractivity contribution is 9.10. The van der Waals surface area contributed by atoms with Crippen molar-refractivity contribution in [2.45, 2.75) is 6.92 Å². The summed E-state index contributed by atoms with van der Waals surface area (Å²) in [4.78, 5) is 24.8. The van der Waals surface area contributed by atoms with Gasteiger partial charge >= 0.3 is 0 Å². The third-order valence-electron chi connectivity index (χ3n) is 3.85. The minimum absolute atomic E-state index is 0.230. The van der Waals surface area contributed by atoms with Crippen LogP contribution in [0.1, 0.15) is 26.3 Å². The van der Waals surface area contributed by atoms with Crippen molar-refractivity contribution in [3.63, 3.8) is 0 Å². The van der Waals surface area contributed by atoms with Gasteiger partial charge in [-0.15, -0.1) is 0 Å². The van der Waals surface area contributed by atoms with Crippen LogP contribution in [0.25, 0.3) is 0 Å². The zero-order valence-corrected chi connectivity index (χ0v) is 15.7. The molecule has 2 amide bonds. The van der Waals surface area contributed by atoms with Gasteiger partial charge in [0.15, 0.2) is 0 Å². The molecule has 0 aliphatic rings. The van der Waals surface area contributed by atoms with Crippen molar-refractivity contribution in [2.24, 2.45) is 0 Å². The molecular formula is C21H17BrN2O2. The number of rotatable bonds is 4. The Kier molecular flexibility index (Phi) is 5.49. The Labute approximate surface area is 160 Å². The Balaban J connectivity index is 1.73. The summed E-state index contributed by atoms with van der Waals surface area (Å²) in [5, 5.41) is 5.65. The number of hydrogen-bond acceptors (Lipinski definition) is 2. The van der Waals surface area contributed by atoms with E-state index in [-0.39, 0.29) is 11.8 Å². The van der Waals surface area contributed by atoms with E-state index in [1.165, 1.54) is 0 Å². The zero-order chi connectivity index (χ0) is 18.5. The summed E-state index contributed by atoms with van der Waals surface area (Å²) in [6.07, 6.45) is 0. The smallest absolute Gasteiger partial charge is 0.255 e. The van der Waals surface area contributed by atoms with Crippen LogP contribution < -0.4 is 10.6 Å². The highest BCUT2D eigenvalue weighted by atomic mass is 79.9. The quantitative estimate of drug-likeness (QED) is 0.618.